The summed E-state index contributed by atoms with van der Waals surface area (Å²) in [6, 6.07) is 0. The number of piperidine rings is 1. The van der Waals surface area contributed by atoms with Crippen LogP contribution in [0.3, 0.4) is 0 Å². The Kier molecular flexibility index (Phi) is 5.07. The van der Waals surface area contributed by atoms with Gasteiger partial charge in [-0.2, -0.15) is 0 Å². The maximum atomic E-state index is 11.2. The van der Waals surface area contributed by atoms with Crippen LogP contribution in [0.5, 0.6) is 0 Å². The number of ether oxygens (including phenoxy) is 1. The van der Waals surface area contributed by atoms with Crippen molar-refractivity contribution in [1.82, 2.24) is 14.9 Å². The lowest BCUT2D eigenvalue weighted by atomic mass is 10.1. The Morgan fingerprint density at radius 1 is 1.50 bits per heavy atom. The summed E-state index contributed by atoms with van der Waals surface area (Å²) in [7, 11) is 1.37. The number of carbonyl (C=O) groups is 1. The van der Waals surface area contributed by atoms with E-state index in [1.807, 2.05) is 0 Å². The largest absolute Gasteiger partial charge is 0.464 e. The minimum atomic E-state index is -0.370. The van der Waals surface area contributed by atoms with E-state index in [4.69, 9.17) is 0 Å². The third kappa shape index (κ3) is 3.74. The minimum absolute atomic E-state index is 0.370. The zero-order valence-corrected chi connectivity index (χ0v) is 11.5. The van der Waals surface area contributed by atoms with Crippen LogP contribution in [0.4, 0.5) is 0 Å². The molecule has 0 aliphatic carbocycles. The topological polar surface area (TPSA) is 58.2 Å². The fourth-order valence-electron chi connectivity index (χ4n) is 2.04. The van der Waals surface area contributed by atoms with Crippen LogP contribution in [0.2, 0.25) is 0 Å². The summed E-state index contributed by atoms with van der Waals surface area (Å²) in [6.07, 6.45) is 5.52. The van der Waals surface area contributed by atoms with Gasteiger partial charge in [-0.1, -0.05) is 18.2 Å². The van der Waals surface area contributed by atoms with E-state index >= 15 is 0 Å². The van der Waals surface area contributed by atoms with E-state index in [-0.39, 0.29) is 5.97 Å². The van der Waals surface area contributed by atoms with E-state index in [0.717, 1.165) is 17.5 Å². The van der Waals surface area contributed by atoms with Crippen LogP contribution in [0.1, 0.15) is 29.8 Å². The number of carbonyl (C=O) groups excluding carboxylic acids is 1. The zero-order valence-electron chi connectivity index (χ0n) is 10.6. The first-order valence-electron chi connectivity index (χ1n) is 6.28. The lowest BCUT2D eigenvalue weighted by Gasteiger charge is -2.25. The van der Waals surface area contributed by atoms with Crippen LogP contribution < -0.4 is 0 Å². The van der Waals surface area contributed by atoms with Crippen molar-refractivity contribution >= 4 is 17.7 Å². The molecule has 0 aromatic carbocycles. The summed E-state index contributed by atoms with van der Waals surface area (Å²) in [4.78, 5) is 20.8. The van der Waals surface area contributed by atoms with Crippen molar-refractivity contribution in [2.45, 2.75) is 24.4 Å². The summed E-state index contributed by atoms with van der Waals surface area (Å²) in [6.45, 7) is 3.51. The molecule has 2 heterocycles. The van der Waals surface area contributed by atoms with Gasteiger partial charge in [-0.05, 0) is 25.9 Å². The third-order valence-corrected chi connectivity index (χ3v) is 3.92. The smallest absolute Gasteiger partial charge is 0.356 e. The van der Waals surface area contributed by atoms with Crippen LogP contribution in [0.25, 0.3) is 0 Å². The molecule has 1 saturated heterocycles. The van der Waals surface area contributed by atoms with Gasteiger partial charge in [-0.25, -0.2) is 9.78 Å². The quantitative estimate of drug-likeness (QED) is 0.652. The van der Waals surface area contributed by atoms with E-state index in [1.165, 1.54) is 45.7 Å². The molecule has 18 heavy (non-hydrogen) atoms. The maximum Gasteiger partial charge on any atom is 0.356 e. The molecule has 1 aromatic heterocycles. The molecular formula is C12H19N3O2S. The molecular weight excluding hydrogens is 250 g/mol. The summed E-state index contributed by atoms with van der Waals surface area (Å²) in [5.74, 6) is 0.624. The Morgan fingerprint density at radius 3 is 3.00 bits per heavy atom. The van der Waals surface area contributed by atoms with E-state index in [2.05, 4.69) is 19.6 Å². The molecule has 5 nitrogen and oxygen atoms in total. The average molecular weight is 269 g/mol. The molecule has 0 amide bonds. The normalized spacial score (nSPS) is 16.7. The van der Waals surface area contributed by atoms with Gasteiger partial charge in [0.2, 0.25) is 0 Å². The van der Waals surface area contributed by atoms with Crippen molar-refractivity contribution in [3.63, 3.8) is 0 Å². The van der Waals surface area contributed by atoms with Gasteiger partial charge in [-0.3, -0.25) is 0 Å². The number of H-pyrrole nitrogens is 1. The molecule has 0 spiro atoms. The predicted octanol–water partition coefficient (Wildman–Crippen LogP) is 1.77. The minimum Gasteiger partial charge on any atom is -0.464 e. The lowest BCUT2D eigenvalue weighted by molar-refractivity contribution is 0.0594. The molecule has 0 radical (unpaired) electrons. The second kappa shape index (κ2) is 6.80. The SMILES string of the molecule is COC(=O)c1cnc(SCCN2CCCCC2)[nH]1. The number of rotatable bonds is 5. The van der Waals surface area contributed by atoms with Gasteiger partial charge in [0.25, 0.3) is 0 Å². The number of aromatic nitrogens is 2. The van der Waals surface area contributed by atoms with Crippen molar-refractivity contribution in [2.24, 2.45) is 0 Å². The molecule has 1 fully saturated rings. The molecule has 0 atom stereocenters. The second-order valence-corrected chi connectivity index (χ2v) is 5.43. The maximum absolute atomic E-state index is 11.2. The standard InChI is InChI=1S/C12H19N3O2S/c1-17-11(16)10-9-13-12(14-10)18-8-7-15-5-3-2-4-6-15/h9H,2-8H2,1H3,(H,13,14). The number of esters is 1. The number of likely N-dealkylation sites (tertiary alicyclic amines) is 1. The highest BCUT2D eigenvalue weighted by atomic mass is 32.2. The molecule has 2 rings (SSSR count). The van der Waals surface area contributed by atoms with E-state index < -0.39 is 0 Å². The monoisotopic (exact) mass is 269 g/mol. The van der Waals surface area contributed by atoms with Crippen LogP contribution in [0, 0.1) is 0 Å². The van der Waals surface area contributed by atoms with E-state index in [0.29, 0.717) is 5.69 Å². The third-order valence-electron chi connectivity index (χ3n) is 3.05. The van der Waals surface area contributed by atoms with Gasteiger partial charge < -0.3 is 14.6 Å². The number of nitrogens with zero attached hydrogens (tertiary/aromatic N) is 2. The van der Waals surface area contributed by atoms with E-state index in [1.54, 1.807) is 11.8 Å². The number of imidazole rings is 1. The second-order valence-electron chi connectivity index (χ2n) is 4.34. The Bertz CT molecular complexity index is 388. The molecule has 0 saturated carbocycles. The summed E-state index contributed by atoms with van der Waals surface area (Å²) < 4.78 is 4.62. The predicted molar refractivity (Wildman–Crippen MR) is 70.9 cm³/mol. The summed E-state index contributed by atoms with van der Waals surface area (Å²) in [5.41, 5.74) is 0.415. The first kappa shape index (κ1) is 13.4. The fraction of sp³-hybridized carbons (Fsp3) is 0.667. The summed E-state index contributed by atoms with van der Waals surface area (Å²) >= 11 is 1.65. The first-order valence-corrected chi connectivity index (χ1v) is 7.26. The average Bonchev–Trinajstić information content (AvgIpc) is 2.88. The van der Waals surface area contributed by atoms with Gasteiger partial charge in [0.1, 0.15) is 5.69 Å². The number of hydrogen-bond acceptors (Lipinski definition) is 5. The number of thioether (sulfide) groups is 1. The zero-order chi connectivity index (χ0) is 12.8. The van der Waals surface area contributed by atoms with Gasteiger partial charge >= 0.3 is 5.97 Å². The Morgan fingerprint density at radius 2 is 2.28 bits per heavy atom. The number of hydrogen-bond donors (Lipinski definition) is 1. The molecule has 1 aliphatic rings. The van der Waals surface area contributed by atoms with Gasteiger partial charge in [0.05, 0.1) is 13.3 Å². The molecule has 0 unspecified atom stereocenters. The highest BCUT2D eigenvalue weighted by Crippen LogP contribution is 2.15. The van der Waals surface area contributed by atoms with Gasteiger partial charge in [0, 0.05) is 12.3 Å². The van der Waals surface area contributed by atoms with Crippen LogP contribution in [-0.4, -0.2) is 53.3 Å². The molecule has 0 bridgehead atoms. The number of nitrogens with one attached hydrogen (secondary N) is 1. The van der Waals surface area contributed by atoms with Gasteiger partial charge in [0.15, 0.2) is 5.16 Å². The Balaban J connectivity index is 1.72. The molecule has 1 aromatic rings. The number of methoxy groups -OCH3 is 1. The van der Waals surface area contributed by atoms with Crippen LogP contribution in [0.15, 0.2) is 11.4 Å². The van der Waals surface area contributed by atoms with Crippen molar-refractivity contribution < 1.29 is 9.53 Å². The van der Waals surface area contributed by atoms with E-state index in [9.17, 15) is 4.79 Å². The Hall–Kier alpha value is -1.01. The fourth-order valence-corrected chi connectivity index (χ4v) is 2.90. The molecule has 100 valence electrons. The lowest BCUT2D eigenvalue weighted by Crippen LogP contribution is -2.31. The van der Waals surface area contributed by atoms with Gasteiger partial charge in [-0.15, -0.1) is 0 Å². The first-order chi connectivity index (χ1) is 8.79. The highest BCUT2D eigenvalue weighted by molar-refractivity contribution is 7.99. The van der Waals surface area contributed by atoms with Crippen molar-refractivity contribution in [1.29, 1.82) is 0 Å². The Labute approximate surface area is 111 Å². The van der Waals surface area contributed by atoms with Crippen LogP contribution in [-0.2, 0) is 4.74 Å². The number of aromatic amines is 1. The van der Waals surface area contributed by atoms with Crippen molar-refractivity contribution in [3.8, 4) is 0 Å². The summed E-state index contributed by atoms with van der Waals surface area (Å²) in [5, 5.41) is 0.785. The molecule has 6 heteroatoms. The van der Waals surface area contributed by atoms with Crippen LogP contribution >= 0.6 is 11.8 Å². The molecule has 1 aliphatic heterocycles. The molecule has 1 N–H and O–H groups in total. The van der Waals surface area contributed by atoms with Crippen molar-refractivity contribution in [2.75, 3.05) is 32.5 Å². The highest BCUT2D eigenvalue weighted by Gasteiger charge is 2.11. The van der Waals surface area contributed by atoms with Crippen molar-refractivity contribution in [3.05, 3.63) is 11.9 Å².